The summed E-state index contributed by atoms with van der Waals surface area (Å²) >= 11 is 0. The first-order chi connectivity index (χ1) is 3.75. The van der Waals surface area contributed by atoms with Gasteiger partial charge in [-0.2, -0.15) is 0 Å². The van der Waals surface area contributed by atoms with Crippen LogP contribution in [0.25, 0.3) is 0 Å². The van der Waals surface area contributed by atoms with Gasteiger partial charge in [-0.25, -0.2) is 0 Å². The fourth-order valence-electron chi connectivity index (χ4n) is 0.850. The van der Waals surface area contributed by atoms with Crippen LogP contribution in [0.15, 0.2) is 12.7 Å². The Morgan fingerprint density at radius 2 is 2.25 bits per heavy atom. The molecule has 0 amide bonds. The SMILES string of the molecule is C=CC1CC1C(O)O. The zero-order valence-corrected chi connectivity index (χ0v) is 4.62. The van der Waals surface area contributed by atoms with E-state index in [-0.39, 0.29) is 5.92 Å². The standard InChI is InChI=1S/C6H10O2/c1-2-4-3-5(4)6(7)8/h2,4-8H,1,3H2. The number of hydrogen-bond acceptors (Lipinski definition) is 2. The van der Waals surface area contributed by atoms with Crippen molar-refractivity contribution in [2.45, 2.75) is 12.7 Å². The first-order valence-electron chi connectivity index (χ1n) is 2.74. The average molecular weight is 114 g/mol. The van der Waals surface area contributed by atoms with Gasteiger partial charge in [0.25, 0.3) is 0 Å². The zero-order valence-electron chi connectivity index (χ0n) is 4.62. The molecular formula is C6H10O2. The molecule has 1 aliphatic rings. The minimum atomic E-state index is -1.13. The van der Waals surface area contributed by atoms with Crippen molar-refractivity contribution in [3.05, 3.63) is 12.7 Å². The molecule has 46 valence electrons. The highest BCUT2D eigenvalue weighted by Gasteiger charge is 2.39. The summed E-state index contributed by atoms with van der Waals surface area (Å²) < 4.78 is 0. The van der Waals surface area contributed by atoms with Crippen LogP contribution in [0.4, 0.5) is 0 Å². The molecule has 0 aromatic rings. The number of aliphatic hydroxyl groups is 2. The van der Waals surface area contributed by atoms with Gasteiger partial charge in [-0.15, -0.1) is 6.58 Å². The normalized spacial score (nSPS) is 35.4. The Bertz CT molecular complexity index is 98.7. The van der Waals surface area contributed by atoms with E-state index in [2.05, 4.69) is 6.58 Å². The van der Waals surface area contributed by atoms with Gasteiger partial charge in [0.2, 0.25) is 0 Å². The van der Waals surface area contributed by atoms with E-state index in [9.17, 15) is 0 Å². The van der Waals surface area contributed by atoms with E-state index in [1.165, 1.54) is 0 Å². The highest BCUT2D eigenvalue weighted by Crippen LogP contribution is 2.40. The first-order valence-corrected chi connectivity index (χ1v) is 2.74. The van der Waals surface area contributed by atoms with Gasteiger partial charge in [0.15, 0.2) is 6.29 Å². The summed E-state index contributed by atoms with van der Waals surface area (Å²) in [6.07, 6.45) is 1.53. The minimum Gasteiger partial charge on any atom is -0.368 e. The van der Waals surface area contributed by atoms with E-state index in [0.29, 0.717) is 5.92 Å². The molecular weight excluding hydrogens is 104 g/mol. The smallest absolute Gasteiger partial charge is 0.154 e. The third-order valence-corrected chi connectivity index (χ3v) is 1.58. The van der Waals surface area contributed by atoms with E-state index in [1.54, 1.807) is 6.08 Å². The maximum absolute atomic E-state index is 8.50. The van der Waals surface area contributed by atoms with Crippen molar-refractivity contribution in [3.63, 3.8) is 0 Å². The molecule has 1 fully saturated rings. The van der Waals surface area contributed by atoms with Gasteiger partial charge in [0, 0.05) is 5.92 Å². The second-order valence-corrected chi connectivity index (χ2v) is 2.21. The summed E-state index contributed by atoms with van der Waals surface area (Å²) in [5.41, 5.74) is 0. The third kappa shape index (κ3) is 0.904. The lowest BCUT2D eigenvalue weighted by atomic mass is 10.3. The molecule has 1 aliphatic carbocycles. The number of rotatable bonds is 2. The van der Waals surface area contributed by atoms with Gasteiger partial charge in [0.05, 0.1) is 0 Å². The highest BCUT2D eigenvalue weighted by molar-refractivity contribution is 4.98. The third-order valence-electron chi connectivity index (χ3n) is 1.58. The molecule has 0 aromatic heterocycles. The number of hydrogen-bond donors (Lipinski definition) is 2. The Kier molecular flexibility index (Phi) is 1.36. The molecule has 0 heterocycles. The van der Waals surface area contributed by atoms with Crippen LogP contribution in [0, 0.1) is 11.8 Å². The summed E-state index contributed by atoms with van der Waals surface area (Å²) in [5, 5.41) is 17.0. The number of aliphatic hydroxyl groups excluding tert-OH is 1. The Balaban J connectivity index is 2.26. The van der Waals surface area contributed by atoms with Gasteiger partial charge in [-0.05, 0) is 12.3 Å². The van der Waals surface area contributed by atoms with Crippen molar-refractivity contribution in [2.24, 2.45) is 11.8 Å². The monoisotopic (exact) mass is 114 g/mol. The molecule has 0 bridgehead atoms. The second-order valence-electron chi connectivity index (χ2n) is 2.21. The van der Waals surface area contributed by atoms with Crippen LogP contribution in [-0.2, 0) is 0 Å². The lowest BCUT2D eigenvalue weighted by molar-refractivity contribution is -0.0586. The van der Waals surface area contributed by atoms with Crippen molar-refractivity contribution < 1.29 is 10.2 Å². The Morgan fingerprint density at radius 3 is 2.38 bits per heavy atom. The molecule has 1 saturated carbocycles. The number of allylic oxidation sites excluding steroid dienone is 1. The molecule has 2 unspecified atom stereocenters. The molecule has 0 radical (unpaired) electrons. The first kappa shape index (κ1) is 5.79. The van der Waals surface area contributed by atoms with Crippen molar-refractivity contribution in [1.82, 2.24) is 0 Å². The quantitative estimate of drug-likeness (QED) is 0.395. The van der Waals surface area contributed by atoms with Crippen LogP contribution >= 0.6 is 0 Å². The van der Waals surface area contributed by atoms with E-state index in [0.717, 1.165) is 6.42 Å². The molecule has 0 aromatic carbocycles. The van der Waals surface area contributed by atoms with Gasteiger partial charge in [-0.1, -0.05) is 6.08 Å². The molecule has 2 atom stereocenters. The summed E-state index contributed by atoms with van der Waals surface area (Å²) in [7, 11) is 0. The lowest BCUT2D eigenvalue weighted by Gasteiger charge is -1.96. The molecule has 1 rings (SSSR count). The molecule has 2 heteroatoms. The fraction of sp³-hybridized carbons (Fsp3) is 0.667. The molecule has 0 saturated heterocycles. The average Bonchev–Trinajstić information content (AvgIpc) is 2.42. The van der Waals surface area contributed by atoms with Crippen molar-refractivity contribution in [3.8, 4) is 0 Å². The van der Waals surface area contributed by atoms with Gasteiger partial charge in [0.1, 0.15) is 0 Å². The second kappa shape index (κ2) is 1.88. The maximum Gasteiger partial charge on any atom is 0.154 e. The van der Waals surface area contributed by atoms with Crippen molar-refractivity contribution in [2.75, 3.05) is 0 Å². The van der Waals surface area contributed by atoms with E-state index in [1.807, 2.05) is 0 Å². The van der Waals surface area contributed by atoms with Crippen LogP contribution in [0.1, 0.15) is 6.42 Å². The minimum absolute atomic E-state index is 0.0764. The largest absolute Gasteiger partial charge is 0.368 e. The fourth-order valence-corrected chi connectivity index (χ4v) is 0.850. The van der Waals surface area contributed by atoms with Crippen LogP contribution in [0.3, 0.4) is 0 Å². The Hall–Kier alpha value is -0.340. The lowest BCUT2D eigenvalue weighted by Crippen LogP contribution is -2.07. The molecule has 2 nitrogen and oxygen atoms in total. The van der Waals surface area contributed by atoms with Gasteiger partial charge < -0.3 is 10.2 Å². The summed E-state index contributed by atoms with van der Waals surface area (Å²) in [6.45, 7) is 3.53. The molecule has 0 aliphatic heterocycles. The summed E-state index contributed by atoms with van der Waals surface area (Å²) in [5.74, 6) is 0.433. The Morgan fingerprint density at radius 1 is 1.62 bits per heavy atom. The predicted molar refractivity (Wildman–Crippen MR) is 30.0 cm³/mol. The van der Waals surface area contributed by atoms with Crippen LogP contribution in [0.5, 0.6) is 0 Å². The predicted octanol–water partition coefficient (Wildman–Crippen LogP) is 0.119. The topological polar surface area (TPSA) is 40.5 Å². The van der Waals surface area contributed by atoms with Crippen molar-refractivity contribution >= 4 is 0 Å². The van der Waals surface area contributed by atoms with Crippen molar-refractivity contribution in [1.29, 1.82) is 0 Å². The van der Waals surface area contributed by atoms with E-state index in [4.69, 9.17) is 10.2 Å². The summed E-state index contributed by atoms with van der Waals surface area (Å²) in [6, 6.07) is 0. The maximum atomic E-state index is 8.50. The Labute approximate surface area is 48.5 Å². The molecule has 8 heavy (non-hydrogen) atoms. The van der Waals surface area contributed by atoms with Gasteiger partial charge >= 0.3 is 0 Å². The molecule has 2 N–H and O–H groups in total. The van der Waals surface area contributed by atoms with Crippen LogP contribution in [0.2, 0.25) is 0 Å². The van der Waals surface area contributed by atoms with E-state index < -0.39 is 6.29 Å². The van der Waals surface area contributed by atoms with Crippen LogP contribution in [-0.4, -0.2) is 16.5 Å². The highest BCUT2D eigenvalue weighted by atomic mass is 16.5. The van der Waals surface area contributed by atoms with Gasteiger partial charge in [-0.3, -0.25) is 0 Å². The zero-order chi connectivity index (χ0) is 6.15. The molecule has 0 spiro atoms. The van der Waals surface area contributed by atoms with E-state index >= 15 is 0 Å². The van der Waals surface area contributed by atoms with Crippen LogP contribution < -0.4 is 0 Å². The summed E-state index contributed by atoms with van der Waals surface area (Å²) in [4.78, 5) is 0.